The predicted molar refractivity (Wildman–Crippen MR) is 100 cm³/mol. The first-order valence-corrected chi connectivity index (χ1v) is 10.8. The van der Waals surface area contributed by atoms with Gasteiger partial charge in [0.25, 0.3) is 5.91 Å². The molecule has 2 atom stereocenters. The highest BCUT2D eigenvalue weighted by atomic mass is 32.2. The number of benzene rings is 1. The van der Waals surface area contributed by atoms with Gasteiger partial charge in [-0.3, -0.25) is 14.5 Å². The van der Waals surface area contributed by atoms with Crippen molar-refractivity contribution in [2.45, 2.75) is 37.9 Å². The van der Waals surface area contributed by atoms with E-state index in [1.165, 1.54) is 0 Å². The molecule has 1 aromatic rings. The van der Waals surface area contributed by atoms with Crippen molar-refractivity contribution in [2.24, 2.45) is 0 Å². The van der Waals surface area contributed by atoms with Gasteiger partial charge in [-0.15, -0.1) is 0 Å². The van der Waals surface area contributed by atoms with E-state index in [0.717, 1.165) is 10.5 Å². The Balaban J connectivity index is 1.49. The van der Waals surface area contributed by atoms with Crippen LogP contribution in [0.4, 0.5) is 4.79 Å². The zero-order chi connectivity index (χ0) is 20.3. The molecule has 0 radical (unpaired) electrons. The first kappa shape index (κ1) is 20.1. The van der Waals surface area contributed by atoms with E-state index in [1.807, 2.05) is 0 Å². The van der Waals surface area contributed by atoms with E-state index in [9.17, 15) is 22.8 Å². The van der Waals surface area contributed by atoms with Crippen LogP contribution in [-0.4, -0.2) is 61.9 Å². The number of urea groups is 1. The summed E-state index contributed by atoms with van der Waals surface area (Å²) in [5, 5.41) is 5.27. The maximum atomic E-state index is 12.5. The van der Waals surface area contributed by atoms with Gasteiger partial charge in [-0.2, -0.15) is 0 Å². The van der Waals surface area contributed by atoms with Crippen LogP contribution in [0.5, 0.6) is 5.75 Å². The number of sulfone groups is 1. The van der Waals surface area contributed by atoms with Crippen molar-refractivity contribution in [3.05, 3.63) is 29.8 Å². The lowest BCUT2D eigenvalue weighted by Crippen LogP contribution is -2.37. The van der Waals surface area contributed by atoms with E-state index < -0.39 is 21.9 Å². The van der Waals surface area contributed by atoms with Gasteiger partial charge in [0.15, 0.2) is 9.84 Å². The summed E-state index contributed by atoms with van der Waals surface area (Å²) in [6, 6.07) is 5.42. The zero-order valence-corrected chi connectivity index (χ0v) is 16.3. The van der Waals surface area contributed by atoms with Crippen molar-refractivity contribution in [3.63, 3.8) is 0 Å². The van der Waals surface area contributed by atoms with Gasteiger partial charge < -0.3 is 15.4 Å². The van der Waals surface area contributed by atoms with E-state index in [2.05, 4.69) is 10.6 Å². The molecule has 0 aliphatic carbocycles. The second-order valence-corrected chi connectivity index (χ2v) is 9.21. The van der Waals surface area contributed by atoms with Gasteiger partial charge in [0.2, 0.25) is 5.91 Å². The fraction of sp³-hybridized carbons (Fsp3) is 0.500. The van der Waals surface area contributed by atoms with Crippen LogP contribution in [0.1, 0.15) is 24.8 Å². The predicted octanol–water partition coefficient (Wildman–Crippen LogP) is 0.199. The van der Waals surface area contributed by atoms with Gasteiger partial charge >= 0.3 is 6.03 Å². The molecular formula is C18H23N3O6S. The van der Waals surface area contributed by atoms with Crippen LogP contribution in [0.25, 0.3) is 0 Å². The Kier molecular flexibility index (Phi) is 5.87. The van der Waals surface area contributed by atoms with E-state index >= 15 is 0 Å². The third kappa shape index (κ3) is 4.80. The molecule has 10 heteroatoms. The largest absolute Gasteiger partial charge is 0.497 e. The molecule has 0 bridgehead atoms. The quantitative estimate of drug-likeness (QED) is 0.621. The van der Waals surface area contributed by atoms with Crippen LogP contribution in [0.3, 0.4) is 0 Å². The topological polar surface area (TPSA) is 122 Å². The average Bonchev–Trinajstić information content (AvgIpc) is 3.13. The number of imide groups is 1. The maximum Gasteiger partial charge on any atom is 0.325 e. The molecule has 152 valence electrons. The molecule has 2 N–H and O–H groups in total. The average molecular weight is 409 g/mol. The number of amides is 4. The number of hydrogen-bond donors (Lipinski definition) is 2. The molecule has 3 rings (SSSR count). The molecule has 2 saturated heterocycles. The molecule has 0 saturated carbocycles. The Morgan fingerprint density at radius 2 is 2.00 bits per heavy atom. The van der Waals surface area contributed by atoms with Crippen molar-refractivity contribution < 1.29 is 27.5 Å². The molecule has 0 unspecified atom stereocenters. The number of carbonyl (C=O) groups excluding carboxylic acids is 3. The van der Waals surface area contributed by atoms with E-state index in [-0.39, 0.29) is 48.7 Å². The lowest BCUT2D eigenvalue weighted by atomic mass is 10.1. The minimum absolute atomic E-state index is 0.0314. The Hall–Kier alpha value is -2.62. The van der Waals surface area contributed by atoms with Gasteiger partial charge in [-0.1, -0.05) is 12.1 Å². The van der Waals surface area contributed by atoms with Crippen LogP contribution >= 0.6 is 0 Å². The molecule has 2 heterocycles. The molecular weight excluding hydrogens is 386 g/mol. The highest BCUT2D eigenvalue weighted by Gasteiger charge is 2.38. The highest BCUT2D eigenvalue weighted by molar-refractivity contribution is 7.91. The number of ether oxygens (including phenoxy) is 1. The number of nitrogens with zero attached hydrogens (tertiary/aromatic N) is 1. The van der Waals surface area contributed by atoms with Crippen molar-refractivity contribution >= 4 is 27.7 Å². The molecule has 4 amide bonds. The smallest absolute Gasteiger partial charge is 0.325 e. The first-order chi connectivity index (χ1) is 13.3. The molecule has 2 aliphatic heterocycles. The second-order valence-electron chi connectivity index (χ2n) is 6.98. The maximum absolute atomic E-state index is 12.5. The summed E-state index contributed by atoms with van der Waals surface area (Å²) < 4.78 is 27.9. The third-order valence-corrected chi connectivity index (χ3v) is 6.63. The van der Waals surface area contributed by atoms with Gasteiger partial charge in [0, 0.05) is 12.5 Å². The van der Waals surface area contributed by atoms with E-state index in [4.69, 9.17) is 4.74 Å². The number of nitrogens with one attached hydrogen (secondary N) is 2. The van der Waals surface area contributed by atoms with E-state index in [1.54, 1.807) is 31.4 Å². The SMILES string of the molecule is COc1ccc(CN2C(=O)N[C@@H](CCC(=O)N[C@H]3CCS(=O)(=O)C3)C2=O)cc1. The standard InChI is InChI=1S/C18H23N3O6S/c1-27-14-4-2-12(3-5-14)10-21-17(23)15(20-18(21)24)6-7-16(22)19-13-8-9-28(25,26)11-13/h2-5,13,15H,6-11H2,1H3,(H,19,22)(H,20,24)/t13-,15-/m0/s1. The van der Waals surface area contributed by atoms with Gasteiger partial charge in [0.05, 0.1) is 25.2 Å². The summed E-state index contributed by atoms with van der Waals surface area (Å²) in [4.78, 5) is 37.8. The minimum Gasteiger partial charge on any atom is -0.497 e. The Bertz CT molecular complexity index is 868. The van der Waals surface area contributed by atoms with Gasteiger partial charge in [0.1, 0.15) is 11.8 Å². The molecule has 2 fully saturated rings. The number of rotatable bonds is 7. The Morgan fingerprint density at radius 3 is 2.61 bits per heavy atom. The van der Waals surface area contributed by atoms with Crippen LogP contribution in [0.2, 0.25) is 0 Å². The van der Waals surface area contributed by atoms with Crippen molar-refractivity contribution in [3.8, 4) is 5.75 Å². The minimum atomic E-state index is -3.07. The molecule has 1 aromatic carbocycles. The molecule has 9 nitrogen and oxygen atoms in total. The molecule has 28 heavy (non-hydrogen) atoms. The highest BCUT2D eigenvalue weighted by Crippen LogP contribution is 2.18. The normalized spacial score (nSPS) is 23.5. The van der Waals surface area contributed by atoms with Gasteiger partial charge in [-0.05, 0) is 30.5 Å². The summed E-state index contributed by atoms with van der Waals surface area (Å²) in [7, 11) is -1.52. The summed E-state index contributed by atoms with van der Waals surface area (Å²) in [5.74, 6) is 0.0119. The van der Waals surface area contributed by atoms with E-state index in [0.29, 0.717) is 12.2 Å². The third-order valence-electron chi connectivity index (χ3n) is 4.86. The summed E-state index contributed by atoms with van der Waals surface area (Å²) in [6.07, 6.45) is 0.599. The van der Waals surface area contributed by atoms with Crippen LogP contribution in [0, 0.1) is 0 Å². The lowest BCUT2D eigenvalue weighted by molar-refractivity contribution is -0.128. The fourth-order valence-corrected chi connectivity index (χ4v) is 4.99. The second kappa shape index (κ2) is 8.17. The van der Waals surface area contributed by atoms with Crippen molar-refractivity contribution in [2.75, 3.05) is 18.6 Å². The number of carbonyl (C=O) groups is 3. The zero-order valence-electron chi connectivity index (χ0n) is 15.5. The lowest BCUT2D eigenvalue weighted by Gasteiger charge is -2.14. The van der Waals surface area contributed by atoms with Crippen molar-refractivity contribution in [1.82, 2.24) is 15.5 Å². The van der Waals surface area contributed by atoms with Crippen molar-refractivity contribution in [1.29, 1.82) is 0 Å². The number of methoxy groups -OCH3 is 1. The molecule has 0 spiro atoms. The first-order valence-electron chi connectivity index (χ1n) is 9.02. The van der Waals surface area contributed by atoms with Crippen LogP contribution in [0.15, 0.2) is 24.3 Å². The molecule has 2 aliphatic rings. The monoisotopic (exact) mass is 409 g/mol. The Morgan fingerprint density at radius 1 is 1.29 bits per heavy atom. The Labute approximate surface area is 163 Å². The molecule has 0 aromatic heterocycles. The van der Waals surface area contributed by atoms with Gasteiger partial charge in [-0.25, -0.2) is 13.2 Å². The number of hydrogen-bond acceptors (Lipinski definition) is 6. The summed E-state index contributed by atoms with van der Waals surface area (Å²) >= 11 is 0. The van der Waals surface area contributed by atoms with Crippen LogP contribution < -0.4 is 15.4 Å². The summed E-state index contributed by atoms with van der Waals surface area (Å²) in [6.45, 7) is 0.136. The van der Waals surface area contributed by atoms with Crippen LogP contribution in [-0.2, 0) is 26.0 Å². The summed E-state index contributed by atoms with van der Waals surface area (Å²) in [5.41, 5.74) is 0.783. The fourth-order valence-electron chi connectivity index (χ4n) is 3.32.